The summed E-state index contributed by atoms with van der Waals surface area (Å²) in [4.78, 5) is 17.5. The number of nitrogens with one attached hydrogen (secondary N) is 2. The minimum Gasteiger partial charge on any atom is -0.395 e. The lowest BCUT2D eigenvalue weighted by atomic mass is 9.87. The molecule has 2 heterocycles. The van der Waals surface area contributed by atoms with Crippen LogP contribution in [0.25, 0.3) is 22.2 Å². The molecule has 3 aromatic rings. The number of carbonyl (C=O) groups excluding carboxylic acids is 1. The maximum atomic E-state index is 13.3. The summed E-state index contributed by atoms with van der Waals surface area (Å²) < 4.78 is 1.91. The van der Waals surface area contributed by atoms with Gasteiger partial charge in [-0.25, -0.2) is 0 Å². The first-order valence-corrected chi connectivity index (χ1v) is 9.54. The van der Waals surface area contributed by atoms with Gasteiger partial charge in [0.15, 0.2) is 5.78 Å². The van der Waals surface area contributed by atoms with Gasteiger partial charge in [-0.05, 0) is 31.2 Å². The van der Waals surface area contributed by atoms with E-state index < -0.39 is 0 Å². The fraction of sp³-hybridized carbons (Fsp3) is 0.350. The molecular formula is C20H24N6O2. The number of aliphatic hydroxyl groups excluding tert-OH is 1. The van der Waals surface area contributed by atoms with Gasteiger partial charge in [0.2, 0.25) is 0 Å². The minimum atomic E-state index is -0.0105. The smallest absolute Gasteiger partial charge is 0.196 e. The first kappa shape index (κ1) is 18.5. The highest BCUT2D eigenvalue weighted by Gasteiger charge is 2.31. The molecule has 0 aliphatic heterocycles. The number of aromatic nitrogens is 3. The quantitative estimate of drug-likeness (QED) is 0.320. The molecule has 0 spiro atoms. The van der Waals surface area contributed by atoms with Crippen LogP contribution in [0.3, 0.4) is 0 Å². The number of nitrogens with two attached hydrogens (primary N) is 1. The molecule has 2 aromatic heterocycles. The molecule has 0 saturated heterocycles. The second kappa shape index (κ2) is 8.05. The van der Waals surface area contributed by atoms with Gasteiger partial charge in [-0.1, -0.05) is 0 Å². The van der Waals surface area contributed by atoms with Gasteiger partial charge >= 0.3 is 0 Å². The second-order valence-corrected chi connectivity index (χ2v) is 6.75. The number of hydrogen-bond acceptors (Lipinski definition) is 7. The molecule has 146 valence electrons. The Hall–Kier alpha value is -2.81. The van der Waals surface area contributed by atoms with E-state index in [0.29, 0.717) is 43.9 Å². The Kier molecular flexibility index (Phi) is 5.34. The number of rotatable bonds is 9. The summed E-state index contributed by atoms with van der Waals surface area (Å²) in [6.07, 6.45) is 4.18. The lowest BCUT2D eigenvalue weighted by Gasteiger charge is -2.18. The van der Waals surface area contributed by atoms with Crippen molar-refractivity contribution in [3.05, 3.63) is 41.7 Å². The number of aliphatic hydroxyl groups is 1. The third-order valence-corrected chi connectivity index (χ3v) is 4.95. The lowest BCUT2D eigenvalue weighted by Crippen LogP contribution is -2.23. The fourth-order valence-corrected chi connectivity index (χ4v) is 3.64. The van der Waals surface area contributed by atoms with Crippen molar-refractivity contribution < 1.29 is 9.90 Å². The van der Waals surface area contributed by atoms with E-state index in [4.69, 9.17) is 15.9 Å². The van der Waals surface area contributed by atoms with Gasteiger partial charge in [0.1, 0.15) is 5.69 Å². The second-order valence-electron chi connectivity index (χ2n) is 6.75. The van der Waals surface area contributed by atoms with Gasteiger partial charge in [-0.2, -0.15) is 5.10 Å². The predicted molar refractivity (Wildman–Crippen MR) is 109 cm³/mol. The molecule has 1 aromatic carbocycles. The highest BCUT2D eigenvalue weighted by atomic mass is 16.3. The Morgan fingerprint density at radius 3 is 2.86 bits per heavy atom. The van der Waals surface area contributed by atoms with Crippen LogP contribution in [0.2, 0.25) is 0 Å². The van der Waals surface area contributed by atoms with Gasteiger partial charge < -0.3 is 21.5 Å². The van der Waals surface area contributed by atoms with Crippen LogP contribution in [0.1, 0.15) is 22.3 Å². The molecular weight excluding hydrogens is 356 g/mol. The molecule has 0 atom stereocenters. The van der Waals surface area contributed by atoms with Gasteiger partial charge in [0, 0.05) is 54.2 Å². The van der Waals surface area contributed by atoms with Crippen molar-refractivity contribution >= 4 is 22.4 Å². The van der Waals surface area contributed by atoms with Crippen LogP contribution in [-0.2, 0) is 6.54 Å². The Bertz CT molecular complexity index is 1010. The first-order chi connectivity index (χ1) is 13.8. The molecule has 4 rings (SSSR count). The summed E-state index contributed by atoms with van der Waals surface area (Å²) in [5.41, 5.74) is 10.2. The van der Waals surface area contributed by atoms with Gasteiger partial charge in [-0.3, -0.25) is 14.5 Å². The Balaban J connectivity index is 1.82. The minimum absolute atomic E-state index is 0.0105. The maximum absolute atomic E-state index is 13.3. The van der Waals surface area contributed by atoms with Crippen molar-refractivity contribution in [2.45, 2.75) is 13.0 Å². The van der Waals surface area contributed by atoms with Crippen LogP contribution in [-0.4, -0.2) is 58.4 Å². The van der Waals surface area contributed by atoms with E-state index in [0.717, 1.165) is 34.3 Å². The molecule has 0 amide bonds. The average molecular weight is 380 g/mol. The standard InChI is InChI=1S/C20H24N6O2/c21-5-1-6-24-15-2-3-16-18-17(15)20(28)13-4-7-23-12-14(13)19(18)25-26(16)10-8-22-9-11-27/h2-4,7,12,22,24,27H,1,5-6,8-11,21H2. The van der Waals surface area contributed by atoms with E-state index in [9.17, 15) is 4.79 Å². The van der Waals surface area contributed by atoms with Gasteiger partial charge in [-0.15, -0.1) is 0 Å². The van der Waals surface area contributed by atoms with Crippen molar-refractivity contribution in [1.29, 1.82) is 0 Å². The summed E-state index contributed by atoms with van der Waals surface area (Å²) in [6.45, 7) is 3.26. The van der Waals surface area contributed by atoms with Crippen molar-refractivity contribution in [1.82, 2.24) is 20.1 Å². The molecule has 0 unspecified atom stereocenters. The molecule has 8 heteroatoms. The number of ketones is 1. The highest BCUT2D eigenvalue weighted by Crippen LogP contribution is 2.41. The van der Waals surface area contributed by atoms with Crippen LogP contribution in [0.15, 0.2) is 30.6 Å². The monoisotopic (exact) mass is 380 g/mol. The van der Waals surface area contributed by atoms with Gasteiger partial charge in [0.05, 0.1) is 24.2 Å². The van der Waals surface area contributed by atoms with Crippen molar-refractivity contribution in [2.24, 2.45) is 5.73 Å². The molecule has 28 heavy (non-hydrogen) atoms. The predicted octanol–water partition coefficient (Wildman–Crippen LogP) is 0.985. The van der Waals surface area contributed by atoms with Crippen LogP contribution in [0, 0.1) is 0 Å². The van der Waals surface area contributed by atoms with Gasteiger partial charge in [0.25, 0.3) is 0 Å². The average Bonchev–Trinajstić information content (AvgIpc) is 3.09. The van der Waals surface area contributed by atoms with E-state index in [1.807, 2.05) is 16.8 Å². The largest absolute Gasteiger partial charge is 0.395 e. The van der Waals surface area contributed by atoms with E-state index in [-0.39, 0.29) is 12.4 Å². The third-order valence-electron chi connectivity index (χ3n) is 4.95. The van der Waals surface area contributed by atoms with E-state index >= 15 is 0 Å². The van der Waals surface area contributed by atoms with Crippen molar-refractivity contribution in [3.63, 3.8) is 0 Å². The Morgan fingerprint density at radius 1 is 1.14 bits per heavy atom. The summed E-state index contributed by atoms with van der Waals surface area (Å²) in [5, 5.41) is 21.1. The fourth-order valence-electron chi connectivity index (χ4n) is 3.64. The van der Waals surface area contributed by atoms with Crippen molar-refractivity contribution in [2.75, 3.05) is 38.1 Å². The Morgan fingerprint density at radius 2 is 2.04 bits per heavy atom. The zero-order valence-electron chi connectivity index (χ0n) is 15.6. The molecule has 0 fully saturated rings. The number of nitrogens with zero attached hydrogens (tertiary/aromatic N) is 3. The summed E-state index contributed by atoms with van der Waals surface area (Å²) >= 11 is 0. The number of anilines is 1. The zero-order valence-corrected chi connectivity index (χ0v) is 15.6. The maximum Gasteiger partial charge on any atom is 0.196 e. The molecule has 5 N–H and O–H groups in total. The van der Waals surface area contributed by atoms with Crippen LogP contribution >= 0.6 is 0 Å². The number of benzene rings is 1. The normalized spacial score (nSPS) is 12.4. The Labute approximate surface area is 162 Å². The van der Waals surface area contributed by atoms with E-state index in [1.54, 1.807) is 18.5 Å². The van der Waals surface area contributed by atoms with Crippen LogP contribution in [0.4, 0.5) is 5.69 Å². The lowest BCUT2D eigenvalue weighted by molar-refractivity contribution is 0.104. The van der Waals surface area contributed by atoms with E-state index in [1.165, 1.54) is 0 Å². The molecule has 0 bridgehead atoms. The van der Waals surface area contributed by atoms with Crippen molar-refractivity contribution in [3.8, 4) is 11.3 Å². The van der Waals surface area contributed by atoms with Crippen LogP contribution < -0.4 is 16.4 Å². The highest BCUT2D eigenvalue weighted by molar-refractivity contribution is 6.27. The SMILES string of the molecule is NCCCNc1ccc2c3c(nn2CCNCCO)-c2cnccc2C(=O)c13. The number of carbonyl (C=O) groups is 1. The number of pyridine rings is 1. The van der Waals surface area contributed by atoms with Crippen LogP contribution in [0.5, 0.6) is 0 Å². The molecule has 8 nitrogen and oxygen atoms in total. The molecule has 0 radical (unpaired) electrons. The summed E-state index contributed by atoms with van der Waals surface area (Å²) in [5.74, 6) is -0.0105. The number of fused-ring (bicyclic) bond motifs is 2. The topological polar surface area (TPSA) is 118 Å². The zero-order chi connectivity index (χ0) is 19.5. The van der Waals surface area contributed by atoms with E-state index in [2.05, 4.69) is 15.6 Å². The summed E-state index contributed by atoms with van der Waals surface area (Å²) in [7, 11) is 0. The molecule has 1 aliphatic carbocycles. The third kappa shape index (κ3) is 3.15. The first-order valence-electron chi connectivity index (χ1n) is 9.54. The number of hydrogen-bond donors (Lipinski definition) is 4. The molecule has 1 aliphatic rings. The molecule has 0 saturated carbocycles. The summed E-state index contributed by atoms with van der Waals surface area (Å²) in [6, 6.07) is 5.70.